The first-order valence-corrected chi connectivity index (χ1v) is 8.73. The zero-order valence-electron chi connectivity index (χ0n) is 15.3. The molecule has 1 aliphatic heterocycles. The predicted octanol–water partition coefficient (Wildman–Crippen LogP) is 3.25. The largest absolute Gasteiger partial charge is 0.492 e. The van der Waals surface area contributed by atoms with E-state index in [1.165, 1.54) is 0 Å². The molecule has 0 saturated heterocycles. The van der Waals surface area contributed by atoms with Crippen molar-refractivity contribution in [1.29, 1.82) is 0 Å². The topological polar surface area (TPSA) is 65.4 Å². The lowest BCUT2D eigenvalue weighted by Crippen LogP contribution is -2.16. The van der Waals surface area contributed by atoms with E-state index in [0.717, 1.165) is 29.1 Å². The highest BCUT2D eigenvalue weighted by atomic mass is 16.5. The SMILES string of the molecule is CCOc1cc2c(cc1NC(=O)CCn1nc(C)cc1C)O[C@H](C)C2. The molecule has 1 aromatic carbocycles. The molecule has 2 heterocycles. The lowest BCUT2D eigenvalue weighted by molar-refractivity contribution is -0.116. The van der Waals surface area contributed by atoms with E-state index in [0.29, 0.717) is 31.0 Å². The Morgan fingerprint density at radius 3 is 2.88 bits per heavy atom. The van der Waals surface area contributed by atoms with Crippen LogP contribution in [0.1, 0.15) is 37.2 Å². The van der Waals surface area contributed by atoms with Crippen molar-refractivity contribution in [2.45, 2.75) is 53.2 Å². The van der Waals surface area contributed by atoms with Crippen molar-refractivity contribution in [1.82, 2.24) is 9.78 Å². The number of aryl methyl sites for hydroxylation is 3. The molecule has 0 bridgehead atoms. The highest BCUT2D eigenvalue weighted by molar-refractivity contribution is 5.92. The van der Waals surface area contributed by atoms with Gasteiger partial charge >= 0.3 is 0 Å². The van der Waals surface area contributed by atoms with E-state index in [4.69, 9.17) is 9.47 Å². The van der Waals surface area contributed by atoms with Crippen molar-refractivity contribution in [3.63, 3.8) is 0 Å². The molecule has 1 aliphatic rings. The average molecular weight is 343 g/mol. The summed E-state index contributed by atoms with van der Waals surface area (Å²) in [7, 11) is 0. The van der Waals surface area contributed by atoms with Crippen LogP contribution in [0.2, 0.25) is 0 Å². The third kappa shape index (κ3) is 3.95. The summed E-state index contributed by atoms with van der Waals surface area (Å²) < 4.78 is 13.3. The van der Waals surface area contributed by atoms with E-state index in [1.807, 2.05) is 50.6 Å². The Morgan fingerprint density at radius 1 is 1.40 bits per heavy atom. The Bertz CT molecular complexity index is 782. The van der Waals surface area contributed by atoms with E-state index >= 15 is 0 Å². The molecule has 1 aromatic heterocycles. The molecule has 1 N–H and O–H groups in total. The van der Waals surface area contributed by atoms with E-state index in [2.05, 4.69) is 10.4 Å². The zero-order valence-corrected chi connectivity index (χ0v) is 15.3. The number of nitrogens with one attached hydrogen (secondary N) is 1. The Morgan fingerprint density at radius 2 is 2.20 bits per heavy atom. The molecule has 0 aliphatic carbocycles. The number of amides is 1. The molecule has 0 fully saturated rings. The van der Waals surface area contributed by atoms with Gasteiger partial charge in [0.2, 0.25) is 5.91 Å². The fraction of sp³-hybridized carbons (Fsp3) is 0.474. The number of benzene rings is 1. The number of fused-ring (bicyclic) bond motifs is 1. The minimum atomic E-state index is -0.0699. The average Bonchev–Trinajstić information content (AvgIpc) is 3.06. The van der Waals surface area contributed by atoms with Crippen LogP contribution in [0, 0.1) is 13.8 Å². The number of carbonyl (C=O) groups is 1. The fourth-order valence-corrected chi connectivity index (χ4v) is 3.13. The van der Waals surface area contributed by atoms with Gasteiger partial charge in [0.15, 0.2) is 0 Å². The first-order chi connectivity index (χ1) is 12.0. The number of rotatable bonds is 6. The molecule has 1 amide bonds. The standard InChI is InChI=1S/C19H25N3O3/c1-5-24-18-10-15-9-14(4)25-17(15)11-16(18)20-19(23)6-7-22-13(3)8-12(2)21-22/h8,10-11,14H,5-7,9H2,1-4H3,(H,20,23)/t14-/m1/s1. The van der Waals surface area contributed by atoms with Crippen molar-refractivity contribution in [3.05, 3.63) is 35.2 Å². The number of carbonyl (C=O) groups excluding carboxylic acids is 1. The molecule has 6 nitrogen and oxygen atoms in total. The summed E-state index contributed by atoms with van der Waals surface area (Å²) >= 11 is 0. The number of ether oxygens (including phenoxy) is 2. The lowest BCUT2D eigenvalue weighted by atomic mass is 10.1. The zero-order chi connectivity index (χ0) is 18.0. The second-order valence-electron chi connectivity index (χ2n) is 6.47. The van der Waals surface area contributed by atoms with Crippen LogP contribution >= 0.6 is 0 Å². The number of hydrogen-bond donors (Lipinski definition) is 1. The Labute approximate surface area is 148 Å². The van der Waals surface area contributed by atoms with Crippen LogP contribution in [0.25, 0.3) is 0 Å². The van der Waals surface area contributed by atoms with Crippen molar-refractivity contribution >= 4 is 11.6 Å². The number of nitrogens with zero attached hydrogens (tertiary/aromatic N) is 2. The number of hydrogen-bond acceptors (Lipinski definition) is 4. The summed E-state index contributed by atoms with van der Waals surface area (Å²) in [5, 5.41) is 7.34. The Kier molecular flexibility index (Phi) is 4.97. The molecule has 3 rings (SSSR count). The smallest absolute Gasteiger partial charge is 0.226 e. The van der Waals surface area contributed by atoms with Crippen molar-refractivity contribution in [2.24, 2.45) is 0 Å². The van der Waals surface area contributed by atoms with Gasteiger partial charge in [-0.3, -0.25) is 9.48 Å². The van der Waals surface area contributed by atoms with Gasteiger partial charge in [-0.15, -0.1) is 0 Å². The second-order valence-corrected chi connectivity index (χ2v) is 6.47. The highest BCUT2D eigenvalue weighted by Gasteiger charge is 2.22. The Hall–Kier alpha value is -2.50. The molecule has 0 unspecified atom stereocenters. The van der Waals surface area contributed by atoms with Gasteiger partial charge in [0.25, 0.3) is 0 Å². The van der Waals surface area contributed by atoms with Gasteiger partial charge in [0.1, 0.15) is 17.6 Å². The number of aromatic nitrogens is 2. The third-order valence-electron chi connectivity index (χ3n) is 4.23. The van der Waals surface area contributed by atoms with Crippen LogP contribution in [-0.2, 0) is 17.8 Å². The first kappa shape index (κ1) is 17.3. The maximum atomic E-state index is 12.4. The monoisotopic (exact) mass is 343 g/mol. The Balaban J connectivity index is 1.70. The lowest BCUT2D eigenvalue weighted by Gasteiger charge is -2.14. The minimum absolute atomic E-state index is 0.0699. The maximum Gasteiger partial charge on any atom is 0.226 e. The van der Waals surface area contributed by atoms with Crippen LogP contribution in [0.3, 0.4) is 0 Å². The molecule has 1 atom stereocenters. The highest BCUT2D eigenvalue weighted by Crippen LogP contribution is 2.38. The first-order valence-electron chi connectivity index (χ1n) is 8.73. The normalized spacial score (nSPS) is 15.6. The summed E-state index contributed by atoms with van der Waals surface area (Å²) in [6.07, 6.45) is 1.37. The van der Waals surface area contributed by atoms with Crippen LogP contribution < -0.4 is 14.8 Å². The summed E-state index contributed by atoms with van der Waals surface area (Å²) in [5.74, 6) is 1.45. The molecule has 0 saturated carbocycles. The molecular weight excluding hydrogens is 318 g/mol. The van der Waals surface area contributed by atoms with Gasteiger partial charge in [0, 0.05) is 36.7 Å². The van der Waals surface area contributed by atoms with Crippen molar-refractivity contribution in [3.8, 4) is 11.5 Å². The van der Waals surface area contributed by atoms with E-state index in [-0.39, 0.29) is 12.0 Å². The van der Waals surface area contributed by atoms with Gasteiger partial charge in [-0.2, -0.15) is 5.10 Å². The second kappa shape index (κ2) is 7.17. The van der Waals surface area contributed by atoms with E-state index in [9.17, 15) is 4.79 Å². The van der Waals surface area contributed by atoms with Gasteiger partial charge < -0.3 is 14.8 Å². The molecule has 0 spiro atoms. The van der Waals surface area contributed by atoms with Crippen LogP contribution in [0.4, 0.5) is 5.69 Å². The number of anilines is 1. The molecule has 0 radical (unpaired) electrons. The molecule has 6 heteroatoms. The van der Waals surface area contributed by atoms with Gasteiger partial charge in [0.05, 0.1) is 18.0 Å². The summed E-state index contributed by atoms with van der Waals surface area (Å²) in [6.45, 7) is 9.00. The van der Waals surface area contributed by atoms with E-state index in [1.54, 1.807) is 0 Å². The predicted molar refractivity (Wildman–Crippen MR) is 96.4 cm³/mol. The van der Waals surface area contributed by atoms with Gasteiger partial charge in [-0.1, -0.05) is 0 Å². The van der Waals surface area contributed by atoms with Crippen LogP contribution in [0.15, 0.2) is 18.2 Å². The molecule has 25 heavy (non-hydrogen) atoms. The molecular formula is C19H25N3O3. The molecule has 134 valence electrons. The minimum Gasteiger partial charge on any atom is -0.492 e. The summed E-state index contributed by atoms with van der Waals surface area (Å²) in [4.78, 5) is 12.4. The summed E-state index contributed by atoms with van der Waals surface area (Å²) in [5.41, 5.74) is 3.80. The maximum absolute atomic E-state index is 12.4. The fourth-order valence-electron chi connectivity index (χ4n) is 3.13. The summed E-state index contributed by atoms with van der Waals surface area (Å²) in [6, 6.07) is 5.84. The van der Waals surface area contributed by atoms with Crippen molar-refractivity contribution < 1.29 is 14.3 Å². The van der Waals surface area contributed by atoms with E-state index < -0.39 is 0 Å². The quantitative estimate of drug-likeness (QED) is 0.874. The van der Waals surface area contributed by atoms with Gasteiger partial charge in [-0.05, 0) is 39.8 Å². The van der Waals surface area contributed by atoms with Crippen LogP contribution in [0.5, 0.6) is 11.5 Å². The van der Waals surface area contributed by atoms with Crippen LogP contribution in [-0.4, -0.2) is 28.4 Å². The third-order valence-corrected chi connectivity index (χ3v) is 4.23. The molecule has 2 aromatic rings. The van der Waals surface area contributed by atoms with Gasteiger partial charge in [-0.25, -0.2) is 0 Å². The van der Waals surface area contributed by atoms with Crippen molar-refractivity contribution in [2.75, 3.05) is 11.9 Å².